The van der Waals surface area contributed by atoms with Crippen molar-refractivity contribution in [2.45, 2.75) is 13.5 Å². The third kappa shape index (κ3) is 4.12. The molecule has 2 aromatic rings. The Morgan fingerprint density at radius 1 is 1.33 bits per heavy atom. The lowest BCUT2D eigenvalue weighted by molar-refractivity contribution is -0.145. The van der Waals surface area contributed by atoms with Crippen LogP contribution < -0.4 is 4.74 Å². The standard InChI is InChI=1S/C14H14Cl2N2O3/c1-2-20-12(19)8-21-11-6-4-3-5-10(11)7-18-9-17-13(15)14(18)16/h3-6,9H,2,7-8H2,1H3. The molecule has 0 fully saturated rings. The van der Waals surface area contributed by atoms with Crippen molar-refractivity contribution in [2.24, 2.45) is 0 Å². The monoisotopic (exact) mass is 328 g/mol. The fourth-order valence-electron chi connectivity index (χ4n) is 1.75. The van der Waals surface area contributed by atoms with E-state index in [0.29, 0.717) is 24.1 Å². The van der Waals surface area contributed by atoms with Crippen LogP contribution >= 0.6 is 23.2 Å². The van der Waals surface area contributed by atoms with Gasteiger partial charge in [-0.1, -0.05) is 41.4 Å². The number of carbonyl (C=O) groups is 1. The second-order valence-corrected chi connectivity index (χ2v) is 4.87. The lowest BCUT2D eigenvalue weighted by atomic mass is 10.2. The molecule has 112 valence electrons. The maximum atomic E-state index is 11.3. The first-order chi connectivity index (χ1) is 10.1. The van der Waals surface area contributed by atoms with E-state index in [1.54, 1.807) is 23.9 Å². The smallest absolute Gasteiger partial charge is 0.344 e. The Balaban J connectivity index is 2.10. The van der Waals surface area contributed by atoms with Gasteiger partial charge in [-0.05, 0) is 13.0 Å². The van der Waals surface area contributed by atoms with Gasteiger partial charge in [0.15, 0.2) is 11.8 Å². The Morgan fingerprint density at radius 2 is 2.10 bits per heavy atom. The van der Waals surface area contributed by atoms with Crippen LogP contribution in [0.3, 0.4) is 0 Å². The fourth-order valence-corrected chi connectivity index (χ4v) is 2.06. The molecular weight excluding hydrogens is 315 g/mol. The molecule has 21 heavy (non-hydrogen) atoms. The number of hydrogen-bond acceptors (Lipinski definition) is 4. The first kappa shape index (κ1) is 15.7. The van der Waals surface area contributed by atoms with Crippen LogP contribution in [0.15, 0.2) is 30.6 Å². The molecule has 1 aromatic carbocycles. The van der Waals surface area contributed by atoms with Gasteiger partial charge in [-0.3, -0.25) is 0 Å². The topological polar surface area (TPSA) is 53.4 Å². The van der Waals surface area contributed by atoms with Crippen molar-refractivity contribution in [2.75, 3.05) is 13.2 Å². The molecule has 0 N–H and O–H groups in total. The predicted octanol–water partition coefficient (Wildman–Crippen LogP) is 3.18. The summed E-state index contributed by atoms with van der Waals surface area (Å²) in [5.41, 5.74) is 0.859. The van der Waals surface area contributed by atoms with E-state index in [4.69, 9.17) is 32.7 Å². The van der Waals surface area contributed by atoms with Crippen LogP contribution in [-0.4, -0.2) is 28.7 Å². The molecule has 0 aliphatic rings. The van der Waals surface area contributed by atoms with E-state index in [-0.39, 0.29) is 11.8 Å². The zero-order valence-electron chi connectivity index (χ0n) is 11.4. The van der Waals surface area contributed by atoms with E-state index in [1.165, 1.54) is 0 Å². The zero-order chi connectivity index (χ0) is 15.2. The van der Waals surface area contributed by atoms with Gasteiger partial charge in [0.25, 0.3) is 0 Å². The minimum atomic E-state index is -0.406. The number of esters is 1. The molecule has 1 aromatic heterocycles. The summed E-state index contributed by atoms with van der Waals surface area (Å²) >= 11 is 11.8. The minimum Gasteiger partial charge on any atom is -0.482 e. The summed E-state index contributed by atoms with van der Waals surface area (Å²) in [6.07, 6.45) is 1.55. The summed E-state index contributed by atoms with van der Waals surface area (Å²) in [5, 5.41) is 0.610. The third-order valence-electron chi connectivity index (χ3n) is 2.70. The molecule has 7 heteroatoms. The Hall–Kier alpha value is -1.72. The highest BCUT2D eigenvalue weighted by Crippen LogP contribution is 2.24. The van der Waals surface area contributed by atoms with E-state index in [0.717, 1.165) is 5.56 Å². The van der Waals surface area contributed by atoms with E-state index in [9.17, 15) is 4.79 Å². The quantitative estimate of drug-likeness (QED) is 0.764. The minimum absolute atomic E-state index is 0.136. The van der Waals surface area contributed by atoms with E-state index in [2.05, 4.69) is 4.98 Å². The van der Waals surface area contributed by atoms with Crippen LogP contribution in [0.5, 0.6) is 5.75 Å². The van der Waals surface area contributed by atoms with Gasteiger partial charge in [-0.25, -0.2) is 9.78 Å². The molecule has 0 atom stereocenters. The maximum absolute atomic E-state index is 11.3. The number of halogens is 2. The number of imidazole rings is 1. The molecule has 5 nitrogen and oxygen atoms in total. The van der Waals surface area contributed by atoms with Crippen molar-refractivity contribution in [3.63, 3.8) is 0 Å². The van der Waals surface area contributed by atoms with E-state index in [1.807, 2.05) is 18.2 Å². The first-order valence-corrected chi connectivity index (χ1v) is 7.10. The van der Waals surface area contributed by atoms with E-state index < -0.39 is 5.97 Å². The molecule has 0 aliphatic heterocycles. The van der Waals surface area contributed by atoms with Gasteiger partial charge in [0.05, 0.1) is 19.5 Å². The van der Waals surface area contributed by atoms with Crippen LogP contribution in [-0.2, 0) is 16.1 Å². The van der Waals surface area contributed by atoms with Crippen LogP contribution in [0.25, 0.3) is 0 Å². The van der Waals surface area contributed by atoms with Crippen molar-refractivity contribution in [1.82, 2.24) is 9.55 Å². The molecular formula is C14H14Cl2N2O3. The number of aromatic nitrogens is 2. The zero-order valence-corrected chi connectivity index (χ0v) is 12.9. The second-order valence-electron chi connectivity index (χ2n) is 4.16. The number of carbonyl (C=O) groups excluding carboxylic acids is 1. The van der Waals surface area contributed by atoms with Crippen LogP contribution in [0.4, 0.5) is 0 Å². The molecule has 0 saturated heterocycles. The lowest BCUT2D eigenvalue weighted by Crippen LogP contribution is -2.15. The highest BCUT2D eigenvalue weighted by atomic mass is 35.5. The average molecular weight is 329 g/mol. The Bertz CT molecular complexity index is 628. The average Bonchev–Trinajstić information content (AvgIpc) is 2.79. The van der Waals surface area contributed by atoms with Crippen molar-refractivity contribution in [1.29, 1.82) is 0 Å². The third-order valence-corrected chi connectivity index (χ3v) is 3.47. The van der Waals surface area contributed by atoms with Crippen molar-refractivity contribution in [3.8, 4) is 5.75 Å². The Kier molecular flexibility index (Phi) is 5.47. The highest BCUT2D eigenvalue weighted by molar-refractivity contribution is 6.40. The number of para-hydroxylation sites is 1. The summed E-state index contributed by atoms with van der Waals surface area (Å²) in [4.78, 5) is 15.3. The number of hydrogen-bond donors (Lipinski definition) is 0. The SMILES string of the molecule is CCOC(=O)COc1ccccc1Cn1cnc(Cl)c1Cl. The Labute approximate surface area is 132 Å². The largest absolute Gasteiger partial charge is 0.482 e. The van der Waals surface area contributed by atoms with Gasteiger partial charge < -0.3 is 14.0 Å². The van der Waals surface area contributed by atoms with Gasteiger partial charge in [0, 0.05) is 5.56 Å². The molecule has 0 saturated carbocycles. The van der Waals surface area contributed by atoms with E-state index >= 15 is 0 Å². The number of benzene rings is 1. The molecule has 1 heterocycles. The summed E-state index contributed by atoms with van der Waals surface area (Å²) in [7, 11) is 0. The second kappa shape index (κ2) is 7.33. The summed E-state index contributed by atoms with van der Waals surface area (Å²) in [6, 6.07) is 7.36. The van der Waals surface area contributed by atoms with Crippen molar-refractivity contribution in [3.05, 3.63) is 46.5 Å². The number of rotatable bonds is 6. The summed E-state index contributed by atoms with van der Waals surface area (Å²) in [6.45, 7) is 2.38. The van der Waals surface area contributed by atoms with Gasteiger partial charge in [-0.2, -0.15) is 0 Å². The number of nitrogens with zero attached hydrogens (tertiary/aromatic N) is 2. The van der Waals surface area contributed by atoms with Crippen LogP contribution in [0.1, 0.15) is 12.5 Å². The molecule has 0 radical (unpaired) electrons. The summed E-state index contributed by atoms with van der Waals surface area (Å²) < 4.78 is 12.0. The van der Waals surface area contributed by atoms with Gasteiger partial charge in [0.2, 0.25) is 0 Å². The molecule has 2 rings (SSSR count). The fraction of sp³-hybridized carbons (Fsp3) is 0.286. The first-order valence-electron chi connectivity index (χ1n) is 6.34. The van der Waals surface area contributed by atoms with Crippen LogP contribution in [0, 0.1) is 0 Å². The highest BCUT2D eigenvalue weighted by Gasteiger charge is 2.11. The maximum Gasteiger partial charge on any atom is 0.344 e. The molecule has 0 aliphatic carbocycles. The molecule has 0 spiro atoms. The van der Waals surface area contributed by atoms with Gasteiger partial charge in [-0.15, -0.1) is 0 Å². The summed E-state index contributed by atoms with van der Waals surface area (Å²) in [5.74, 6) is 0.183. The van der Waals surface area contributed by atoms with Crippen molar-refractivity contribution >= 4 is 29.2 Å². The molecule has 0 amide bonds. The van der Waals surface area contributed by atoms with Gasteiger partial charge >= 0.3 is 5.97 Å². The van der Waals surface area contributed by atoms with Crippen LogP contribution in [0.2, 0.25) is 10.3 Å². The van der Waals surface area contributed by atoms with Gasteiger partial charge in [0.1, 0.15) is 10.9 Å². The van der Waals surface area contributed by atoms with Crippen molar-refractivity contribution < 1.29 is 14.3 Å². The molecule has 0 bridgehead atoms. The Morgan fingerprint density at radius 3 is 2.76 bits per heavy atom. The number of ether oxygens (including phenoxy) is 2. The normalized spacial score (nSPS) is 10.4. The predicted molar refractivity (Wildman–Crippen MR) is 79.9 cm³/mol. The molecule has 0 unspecified atom stereocenters. The lowest BCUT2D eigenvalue weighted by Gasteiger charge is -2.11.